The molecule has 1 saturated heterocycles. The van der Waals surface area contributed by atoms with Crippen molar-refractivity contribution in [2.75, 3.05) is 32.7 Å². The number of amides is 1. The fourth-order valence-corrected chi connectivity index (χ4v) is 1.84. The van der Waals surface area contributed by atoms with Gasteiger partial charge in [0.15, 0.2) is 0 Å². The summed E-state index contributed by atoms with van der Waals surface area (Å²) in [5, 5.41) is 9.25. The Balaban J connectivity index is 2.36. The Morgan fingerprint density at radius 2 is 2.07 bits per heavy atom. The van der Waals surface area contributed by atoms with Crippen LogP contribution in [0.1, 0.15) is 20.3 Å². The van der Waals surface area contributed by atoms with E-state index in [9.17, 15) is 9.90 Å². The van der Waals surface area contributed by atoms with Crippen LogP contribution in [0.5, 0.6) is 0 Å². The summed E-state index contributed by atoms with van der Waals surface area (Å²) in [6.45, 7) is 7.64. The number of β-amino-alcohol motifs (C(OH)–C–C–N with tert-alkyl or cyclic N) is 1. The van der Waals surface area contributed by atoms with Crippen molar-refractivity contribution in [3.05, 3.63) is 0 Å². The van der Waals surface area contributed by atoms with E-state index in [0.717, 1.165) is 32.6 Å². The molecule has 4 heteroatoms. The monoisotopic (exact) mass is 200 g/mol. The third-order valence-corrected chi connectivity index (χ3v) is 2.56. The Morgan fingerprint density at radius 1 is 1.36 bits per heavy atom. The highest BCUT2D eigenvalue weighted by atomic mass is 16.3. The minimum absolute atomic E-state index is 0.156. The minimum Gasteiger partial charge on any atom is -0.392 e. The molecule has 1 N–H and O–H groups in total. The Kier molecular flexibility index (Phi) is 4.35. The molecular weight excluding hydrogens is 180 g/mol. The van der Waals surface area contributed by atoms with Crippen LogP contribution in [-0.2, 0) is 4.79 Å². The van der Waals surface area contributed by atoms with Crippen LogP contribution >= 0.6 is 0 Å². The molecule has 82 valence electrons. The number of hydrogen-bond acceptors (Lipinski definition) is 3. The van der Waals surface area contributed by atoms with Crippen LogP contribution in [0, 0.1) is 0 Å². The molecule has 0 saturated carbocycles. The summed E-state index contributed by atoms with van der Waals surface area (Å²) in [5.41, 5.74) is 0. The fraction of sp³-hybridized carbons (Fsp3) is 0.900. The van der Waals surface area contributed by atoms with E-state index in [0.29, 0.717) is 6.54 Å². The molecule has 1 aliphatic rings. The van der Waals surface area contributed by atoms with Crippen LogP contribution in [0.25, 0.3) is 0 Å². The maximum atomic E-state index is 11.1. The Labute approximate surface area is 85.5 Å². The largest absolute Gasteiger partial charge is 0.392 e. The molecule has 1 unspecified atom stereocenters. The zero-order valence-electron chi connectivity index (χ0n) is 9.07. The third-order valence-electron chi connectivity index (χ3n) is 2.56. The van der Waals surface area contributed by atoms with Gasteiger partial charge in [0.25, 0.3) is 0 Å². The minimum atomic E-state index is -0.279. The number of aliphatic hydroxyl groups is 1. The Hall–Kier alpha value is -0.610. The van der Waals surface area contributed by atoms with Gasteiger partial charge in [-0.05, 0) is 19.9 Å². The molecule has 0 aromatic rings. The van der Waals surface area contributed by atoms with Crippen LogP contribution in [0.3, 0.4) is 0 Å². The topological polar surface area (TPSA) is 43.8 Å². The summed E-state index contributed by atoms with van der Waals surface area (Å²) in [4.78, 5) is 15.2. The van der Waals surface area contributed by atoms with Gasteiger partial charge in [0.05, 0.1) is 6.10 Å². The molecule has 1 atom stereocenters. The van der Waals surface area contributed by atoms with E-state index < -0.39 is 0 Å². The zero-order chi connectivity index (χ0) is 10.6. The summed E-state index contributed by atoms with van der Waals surface area (Å²) in [6.07, 6.45) is 0.727. The molecule has 0 bridgehead atoms. The van der Waals surface area contributed by atoms with E-state index in [4.69, 9.17) is 0 Å². The van der Waals surface area contributed by atoms with Gasteiger partial charge in [-0.15, -0.1) is 0 Å². The molecule has 1 amide bonds. The van der Waals surface area contributed by atoms with Gasteiger partial charge in [0, 0.05) is 33.1 Å². The van der Waals surface area contributed by atoms with Crippen molar-refractivity contribution >= 4 is 5.91 Å². The predicted molar refractivity (Wildman–Crippen MR) is 55.0 cm³/mol. The lowest BCUT2D eigenvalue weighted by Gasteiger charge is -2.21. The summed E-state index contributed by atoms with van der Waals surface area (Å²) in [5.74, 6) is 0.156. The molecule has 0 aromatic heterocycles. The first-order chi connectivity index (χ1) is 6.59. The van der Waals surface area contributed by atoms with Crippen molar-refractivity contribution in [3.8, 4) is 0 Å². The molecular formula is C10H20N2O2. The van der Waals surface area contributed by atoms with Crippen LogP contribution in [0.4, 0.5) is 0 Å². The van der Waals surface area contributed by atoms with E-state index in [2.05, 4.69) is 4.90 Å². The zero-order valence-corrected chi connectivity index (χ0v) is 9.07. The summed E-state index contributed by atoms with van der Waals surface area (Å²) < 4.78 is 0. The first-order valence-electron chi connectivity index (χ1n) is 5.25. The maximum Gasteiger partial charge on any atom is 0.219 e. The average molecular weight is 200 g/mol. The summed E-state index contributed by atoms with van der Waals surface area (Å²) >= 11 is 0. The highest BCUT2D eigenvalue weighted by Gasteiger charge is 2.16. The van der Waals surface area contributed by atoms with Gasteiger partial charge in [0.2, 0.25) is 5.91 Å². The van der Waals surface area contributed by atoms with Crippen molar-refractivity contribution in [2.24, 2.45) is 0 Å². The van der Waals surface area contributed by atoms with Crippen LogP contribution in [-0.4, -0.2) is 59.6 Å². The van der Waals surface area contributed by atoms with Crippen LogP contribution in [0.2, 0.25) is 0 Å². The Bertz CT molecular complexity index is 195. The average Bonchev–Trinajstić information content (AvgIpc) is 2.28. The number of hydrogen-bond donors (Lipinski definition) is 1. The number of rotatable bonds is 2. The second kappa shape index (κ2) is 5.32. The second-order valence-electron chi connectivity index (χ2n) is 4.01. The summed E-state index contributed by atoms with van der Waals surface area (Å²) in [6, 6.07) is 0. The number of carbonyl (C=O) groups is 1. The lowest BCUT2D eigenvalue weighted by molar-refractivity contribution is -0.128. The quantitative estimate of drug-likeness (QED) is 0.678. The van der Waals surface area contributed by atoms with Gasteiger partial charge in [-0.3, -0.25) is 9.69 Å². The van der Waals surface area contributed by atoms with Gasteiger partial charge >= 0.3 is 0 Å². The molecule has 1 aliphatic heterocycles. The summed E-state index contributed by atoms with van der Waals surface area (Å²) in [7, 11) is 0. The molecule has 14 heavy (non-hydrogen) atoms. The van der Waals surface area contributed by atoms with Crippen molar-refractivity contribution in [1.29, 1.82) is 0 Å². The first kappa shape index (κ1) is 11.5. The smallest absolute Gasteiger partial charge is 0.219 e. The lowest BCUT2D eigenvalue weighted by atomic mass is 10.3. The predicted octanol–water partition coefficient (Wildman–Crippen LogP) is -0.0786. The van der Waals surface area contributed by atoms with Gasteiger partial charge in [-0.1, -0.05) is 0 Å². The van der Waals surface area contributed by atoms with E-state index in [-0.39, 0.29) is 12.0 Å². The maximum absolute atomic E-state index is 11.1. The molecule has 1 fully saturated rings. The second-order valence-corrected chi connectivity index (χ2v) is 4.01. The molecule has 0 aromatic carbocycles. The molecule has 0 spiro atoms. The van der Waals surface area contributed by atoms with E-state index >= 15 is 0 Å². The third kappa shape index (κ3) is 3.64. The molecule has 0 radical (unpaired) electrons. The highest BCUT2D eigenvalue weighted by Crippen LogP contribution is 2.03. The number of carbonyl (C=O) groups excluding carboxylic acids is 1. The van der Waals surface area contributed by atoms with Gasteiger partial charge in [-0.2, -0.15) is 0 Å². The van der Waals surface area contributed by atoms with Gasteiger partial charge in [0.1, 0.15) is 0 Å². The van der Waals surface area contributed by atoms with Crippen LogP contribution < -0.4 is 0 Å². The molecule has 0 aliphatic carbocycles. The standard InChI is InChI=1S/C10H20N2O2/c1-9(13)8-11-4-3-5-12(7-6-11)10(2)14/h9,13H,3-8H2,1-2H3. The van der Waals surface area contributed by atoms with Crippen molar-refractivity contribution in [1.82, 2.24) is 9.80 Å². The van der Waals surface area contributed by atoms with Crippen molar-refractivity contribution in [3.63, 3.8) is 0 Å². The Morgan fingerprint density at radius 3 is 2.64 bits per heavy atom. The van der Waals surface area contributed by atoms with E-state index in [1.807, 2.05) is 4.90 Å². The SMILES string of the molecule is CC(=O)N1CCCN(CC(C)O)CC1. The van der Waals surface area contributed by atoms with E-state index in [1.54, 1.807) is 13.8 Å². The van der Waals surface area contributed by atoms with Crippen LogP contribution in [0.15, 0.2) is 0 Å². The number of aliphatic hydroxyl groups excluding tert-OH is 1. The fourth-order valence-electron chi connectivity index (χ4n) is 1.84. The van der Waals surface area contributed by atoms with Gasteiger partial charge in [-0.25, -0.2) is 0 Å². The van der Waals surface area contributed by atoms with Crippen molar-refractivity contribution < 1.29 is 9.90 Å². The van der Waals surface area contributed by atoms with Gasteiger partial charge < -0.3 is 10.0 Å². The molecule has 1 heterocycles. The normalized spacial score (nSPS) is 21.8. The molecule has 1 rings (SSSR count). The lowest BCUT2D eigenvalue weighted by Crippen LogP contribution is -2.36. The molecule has 4 nitrogen and oxygen atoms in total. The van der Waals surface area contributed by atoms with E-state index in [1.165, 1.54) is 0 Å². The first-order valence-corrected chi connectivity index (χ1v) is 5.25. The number of nitrogens with zero attached hydrogens (tertiary/aromatic N) is 2. The van der Waals surface area contributed by atoms with Crippen molar-refractivity contribution in [2.45, 2.75) is 26.4 Å². The highest BCUT2D eigenvalue weighted by molar-refractivity contribution is 5.73.